The van der Waals surface area contributed by atoms with Gasteiger partial charge in [0.05, 0.1) is 12.8 Å². The number of guanidine groups is 1. The minimum absolute atomic E-state index is 0.726. The van der Waals surface area contributed by atoms with Gasteiger partial charge in [-0.15, -0.1) is 0 Å². The molecule has 1 aromatic carbocycles. The van der Waals surface area contributed by atoms with Crippen LogP contribution in [0.3, 0.4) is 0 Å². The lowest BCUT2D eigenvalue weighted by atomic mass is 10.1. The van der Waals surface area contributed by atoms with E-state index in [0.29, 0.717) is 0 Å². The zero-order valence-electron chi connectivity index (χ0n) is 15.9. The van der Waals surface area contributed by atoms with E-state index in [1.54, 1.807) is 14.2 Å². The Labute approximate surface area is 150 Å². The molecule has 2 N–H and O–H groups in total. The number of ether oxygens (including phenoxy) is 1. The predicted molar refractivity (Wildman–Crippen MR) is 102 cm³/mol. The van der Waals surface area contributed by atoms with Crippen molar-refractivity contribution in [2.24, 2.45) is 12.0 Å². The van der Waals surface area contributed by atoms with Crippen molar-refractivity contribution in [3.63, 3.8) is 0 Å². The van der Waals surface area contributed by atoms with Crippen molar-refractivity contribution in [3.05, 3.63) is 46.8 Å². The molecule has 1 heterocycles. The number of aromatic nitrogens is 2. The minimum Gasteiger partial charge on any atom is -0.497 e. The summed E-state index contributed by atoms with van der Waals surface area (Å²) in [6.45, 7) is 5.72. The third kappa shape index (κ3) is 5.24. The van der Waals surface area contributed by atoms with Gasteiger partial charge >= 0.3 is 0 Å². The standard InChI is InChI=1S/C19H29N5O/c1-14-18(15(2)24(4)23-14)13-22-19(20-3)21-12-6-7-16-8-10-17(25-5)11-9-16/h8-11H,6-7,12-13H2,1-5H3,(H2,20,21,22). The quantitative estimate of drug-likeness (QED) is 0.460. The van der Waals surface area contributed by atoms with E-state index >= 15 is 0 Å². The Morgan fingerprint density at radius 1 is 1.20 bits per heavy atom. The highest BCUT2D eigenvalue weighted by molar-refractivity contribution is 5.79. The molecule has 0 amide bonds. The summed E-state index contributed by atoms with van der Waals surface area (Å²) in [5.41, 5.74) is 4.78. The Bertz CT molecular complexity index is 703. The highest BCUT2D eigenvalue weighted by Crippen LogP contribution is 2.12. The summed E-state index contributed by atoms with van der Waals surface area (Å²) in [5.74, 6) is 1.71. The Morgan fingerprint density at radius 3 is 2.48 bits per heavy atom. The number of rotatable bonds is 7. The number of nitrogens with zero attached hydrogens (tertiary/aromatic N) is 3. The van der Waals surface area contributed by atoms with Crippen molar-refractivity contribution < 1.29 is 4.74 Å². The van der Waals surface area contributed by atoms with Gasteiger partial charge < -0.3 is 15.4 Å². The van der Waals surface area contributed by atoms with Gasteiger partial charge in [-0.25, -0.2) is 0 Å². The van der Waals surface area contributed by atoms with E-state index in [9.17, 15) is 0 Å². The summed E-state index contributed by atoms with van der Waals surface area (Å²) >= 11 is 0. The molecule has 136 valence electrons. The second-order valence-corrected chi connectivity index (χ2v) is 6.08. The Morgan fingerprint density at radius 2 is 1.92 bits per heavy atom. The lowest BCUT2D eigenvalue weighted by molar-refractivity contribution is 0.414. The maximum absolute atomic E-state index is 5.18. The van der Waals surface area contributed by atoms with Gasteiger partial charge in [-0.2, -0.15) is 5.10 Å². The Hall–Kier alpha value is -2.50. The summed E-state index contributed by atoms with van der Waals surface area (Å²) < 4.78 is 7.09. The molecule has 25 heavy (non-hydrogen) atoms. The van der Waals surface area contributed by atoms with Crippen LogP contribution in [-0.2, 0) is 20.0 Å². The number of hydrogen-bond donors (Lipinski definition) is 2. The van der Waals surface area contributed by atoms with Gasteiger partial charge in [0.15, 0.2) is 5.96 Å². The zero-order chi connectivity index (χ0) is 18.2. The lowest BCUT2D eigenvalue weighted by Gasteiger charge is -2.12. The number of methoxy groups -OCH3 is 1. The fourth-order valence-electron chi connectivity index (χ4n) is 2.76. The van der Waals surface area contributed by atoms with Gasteiger partial charge in [0.25, 0.3) is 0 Å². The van der Waals surface area contributed by atoms with Crippen LogP contribution in [0.4, 0.5) is 0 Å². The van der Waals surface area contributed by atoms with E-state index in [4.69, 9.17) is 4.74 Å². The van der Waals surface area contributed by atoms with Gasteiger partial charge in [-0.1, -0.05) is 12.1 Å². The van der Waals surface area contributed by atoms with E-state index in [0.717, 1.165) is 43.3 Å². The summed E-state index contributed by atoms with van der Waals surface area (Å²) in [6, 6.07) is 8.23. The van der Waals surface area contributed by atoms with Crippen LogP contribution in [0.25, 0.3) is 0 Å². The SMILES string of the molecule is CN=C(NCCCc1ccc(OC)cc1)NCc1c(C)nn(C)c1C. The first-order valence-corrected chi connectivity index (χ1v) is 8.61. The molecule has 2 aromatic rings. The van der Waals surface area contributed by atoms with Crippen molar-refractivity contribution in [2.45, 2.75) is 33.2 Å². The first kappa shape index (κ1) is 18.8. The topological polar surface area (TPSA) is 63.5 Å². The second-order valence-electron chi connectivity index (χ2n) is 6.08. The number of aryl methyl sites for hydroxylation is 3. The normalized spacial score (nSPS) is 11.5. The van der Waals surface area contributed by atoms with Crippen LogP contribution in [-0.4, -0.2) is 36.4 Å². The summed E-state index contributed by atoms with van der Waals surface area (Å²) in [6.07, 6.45) is 2.06. The molecule has 2 rings (SSSR count). The third-order valence-corrected chi connectivity index (χ3v) is 4.41. The molecule has 0 fully saturated rings. The third-order valence-electron chi connectivity index (χ3n) is 4.41. The zero-order valence-corrected chi connectivity index (χ0v) is 15.9. The number of aliphatic imine (C=N–C) groups is 1. The largest absolute Gasteiger partial charge is 0.497 e. The summed E-state index contributed by atoms with van der Waals surface area (Å²) in [5, 5.41) is 11.2. The van der Waals surface area contributed by atoms with Crippen molar-refractivity contribution in [2.75, 3.05) is 20.7 Å². The number of nitrogens with one attached hydrogen (secondary N) is 2. The van der Waals surface area contributed by atoms with E-state index in [2.05, 4.69) is 39.8 Å². The number of hydrogen-bond acceptors (Lipinski definition) is 3. The van der Waals surface area contributed by atoms with Crippen molar-refractivity contribution >= 4 is 5.96 Å². The molecular formula is C19H29N5O. The van der Waals surface area contributed by atoms with E-state index in [-0.39, 0.29) is 0 Å². The van der Waals surface area contributed by atoms with E-state index < -0.39 is 0 Å². The Balaban J connectivity index is 1.74. The molecule has 0 saturated carbocycles. The number of benzene rings is 1. The van der Waals surface area contributed by atoms with Crippen molar-refractivity contribution in [1.82, 2.24) is 20.4 Å². The average Bonchev–Trinajstić information content (AvgIpc) is 2.87. The molecule has 0 unspecified atom stereocenters. The smallest absolute Gasteiger partial charge is 0.191 e. The molecule has 0 aliphatic heterocycles. The van der Waals surface area contributed by atoms with Gasteiger partial charge in [0.2, 0.25) is 0 Å². The van der Waals surface area contributed by atoms with Crippen LogP contribution in [0, 0.1) is 13.8 Å². The molecule has 6 nitrogen and oxygen atoms in total. The average molecular weight is 343 g/mol. The van der Waals surface area contributed by atoms with E-state index in [1.165, 1.54) is 16.8 Å². The molecule has 0 atom stereocenters. The summed E-state index contributed by atoms with van der Waals surface area (Å²) in [4.78, 5) is 4.29. The highest BCUT2D eigenvalue weighted by atomic mass is 16.5. The molecule has 0 aliphatic carbocycles. The van der Waals surface area contributed by atoms with Crippen LogP contribution in [0.15, 0.2) is 29.3 Å². The molecule has 6 heteroatoms. The first-order chi connectivity index (χ1) is 12.0. The van der Waals surface area contributed by atoms with Gasteiger partial charge in [-0.05, 0) is 44.4 Å². The molecule has 1 aromatic heterocycles. The molecule has 0 saturated heterocycles. The van der Waals surface area contributed by atoms with Crippen LogP contribution < -0.4 is 15.4 Å². The highest BCUT2D eigenvalue weighted by Gasteiger charge is 2.09. The maximum atomic E-state index is 5.18. The second kappa shape index (κ2) is 9.11. The monoisotopic (exact) mass is 343 g/mol. The predicted octanol–water partition coefficient (Wildman–Crippen LogP) is 2.34. The Kier molecular flexibility index (Phi) is 6.86. The molecular weight excluding hydrogens is 314 g/mol. The molecule has 0 spiro atoms. The van der Waals surface area contributed by atoms with Crippen LogP contribution in [0.5, 0.6) is 5.75 Å². The lowest BCUT2D eigenvalue weighted by Crippen LogP contribution is -2.37. The summed E-state index contributed by atoms with van der Waals surface area (Å²) in [7, 11) is 5.45. The molecule has 0 aliphatic rings. The fraction of sp³-hybridized carbons (Fsp3) is 0.474. The molecule has 0 bridgehead atoms. The fourth-order valence-corrected chi connectivity index (χ4v) is 2.76. The van der Waals surface area contributed by atoms with Crippen LogP contribution >= 0.6 is 0 Å². The molecule has 0 radical (unpaired) electrons. The van der Waals surface area contributed by atoms with Gasteiger partial charge in [0.1, 0.15) is 5.75 Å². The first-order valence-electron chi connectivity index (χ1n) is 8.61. The minimum atomic E-state index is 0.726. The maximum Gasteiger partial charge on any atom is 0.191 e. The van der Waals surface area contributed by atoms with Crippen molar-refractivity contribution in [1.29, 1.82) is 0 Å². The van der Waals surface area contributed by atoms with Crippen LogP contribution in [0.2, 0.25) is 0 Å². The van der Waals surface area contributed by atoms with Crippen molar-refractivity contribution in [3.8, 4) is 5.75 Å². The van der Waals surface area contributed by atoms with Crippen LogP contribution in [0.1, 0.15) is 28.9 Å². The van der Waals surface area contributed by atoms with E-state index in [1.807, 2.05) is 30.8 Å². The van der Waals surface area contributed by atoms with Gasteiger partial charge in [0, 0.05) is 38.4 Å². The van der Waals surface area contributed by atoms with Gasteiger partial charge in [-0.3, -0.25) is 9.67 Å².